The van der Waals surface area contributed by atoms with E-state index >= 15 is 0 Å². The van der Waals surface area contributed by atoms with Crippen molar-refractivity contribution >= 4 is 17.6 Å². The number of carboxylic acids is 1. The highest BCUT2D eigenvalue weighted by Gasteiger charge is 2.03. The normalized spacial score (nSPS) is 10.7. The summed E-state index contributed by atoms with van der Waals surface area (Å²) in [5.74, 6) is -0.698. The molecule has 0 aliphatic heterocycles. The number of carbonyl (C=O) groups is 1. The number of hydrogen-bond donors (Lipinski definition) is 1. The molecule has 0 fully saturated rings. The molecule has 3 nitrogen and oxygen atoms in total. The molecule has 11 heavy (non-hydrogen) atoms. The molecule has 0 aliphatic rings. The van der Waals surface area contributed by atoms with Crippen LogP contribution in [0.5, 0.6) is 0 Å². The Labute approximate surface area is 69.9 Å². The molecule has 0 heterocycles. The second kappa shape index (κ2) is 5.75. The first-order valence-corrected chi connectivity index (χ1v) is 3.65. The first-order valence-electron chi connectivity index (χ1n) is 3.12. The van der Waals surface area contributed by atoms with Crippen LogP contribution < -0.4 is 0 Å². The van der Waals surface area contributed by atoms with E-state index in [4.69, 9.17) is 22.0 Å². The number of halogens is 1. The van der Waals surface area contributed by atoms with Gasteiger partial charge in [-0.3, -0.25) is 0 Å². The zero-order valence-corrected chi connectivity index (χ0v) is 6.64. The smallest absolute Gasteiger partial charge is 0.346 e. The molecule has 0 aromatic rings. The van der Waals surface area contributed by atoms with Crippen molar-refractivity contribution in [1.82, 2.24) is 0 Å². The first kappa shape index (κ1) is 9.99. The summed E-state index contributed by atoms with van der Waals surface area (Å²) in [7, 11) is 0. The van der Waals surface area contributed by atoms with E-state index < -0.39 is 5.97 Å². The molecule has 0 unspecified atom stereocenters. The summed E-state index contributed by atoms with van der Waals surface area (Å²) in [6.07, 6.45) is 2.61. The van der Waals surface area contributed by atoms with E-state index in [1.165, 1.54) is 6.08 Å². The number of alkyl halides is 1. The van der Waals surface area contributed by atoms with Gasteiger partial charge in [0.15, 0.2) is 0 Å². The summed E-state index contributed by atoms with van der Waals surface area (Å²) >= 11 is 5.35. The summed E-state index contributed by atoms with van der Waals surface area (Å²) in [5, 5.41) is 16.6. The molecule has 0 aromatic heterocycles. The van der Waals surface area contributed by atoms with Gasteiger partial charge in [0, 0.05) is 5.88 Å². The second-order valence-electron chi connectivity index (χ2n) is 1.87. The molecule has 1 N–H and O–H groups in total. The lowest BCUT2D eigenvalue weighted by molar-refractivity contribution is -0.132. The molecule has 0 spiro atoms. The third kappa shape index (κ3) is 4.40. The summed E-state index contributed by atoms with van der Waals surface area (Å²) in [6.45, 7) is 0. The van der Waals surface area contributed by atoms with Crippen LogP contribution in [0.2, 0.25) is 0 Å². The highest BCUT2D eigenvalue weighted by atomic mass is 35.5. The second-order valence-corrected chi connectivity index (χ2v) is 2.24. The largest absolute Gasteiger partial charge is 0.477 e. The maximum Gasteiger partial charge on any atom is 0.346 e. The maximum absolute atomic E-state index is 10.2. The average molecular weight is 174 g/mol. The number of nitrogens with zero attached hydrogens (tertiary/aromatic N) is 1. The standard InChI is InChI=1S/C7H8ClNO2/c8-4-2-1-3-6(5-9)7(10)11/h3H,1-2,4H2,(H,10,11). The van der Waals surface area contributed by atoms with Crippen LogP contribution in [0, 0.1) is 11.3 Å². The minimum atomic E-state index is -1.18. The molecule has 0 saturated carbocycles. The minimum absolute atomic E-state index is 0.213. The molecular formula is C7H8ClNO2. The third-order valence-electron chi connectivity index (χ3n) is 1.04. The highest BCUT2D eigenvalue weighted by molar-refractivity contribution is 6.17. The quantitative estimate of drug-likeness (QED) is 0.304. The van der Waals surface area contributed by atoms with E-state index in [1.807, 2.05) is 0 Å². The Morgan fingerprint density at radius 3 is 2.73 bits per heavy atom. The van der Waals surface area contributed by atoms with Gasteiger partial charge in [-0.1, -0.05) is 6.08 Å². The monoisotopic (exact) mass is 173 g/mol. The van der Waals surface area contributed by atoms with Gasteiger partial charge in [-0.05, 0) is 12.8 Å². The molecule has 0 bridgehead atoms. The molecule has 60 valence electrons. The minimum Gasteiger partial charge on any atom is -0.477 e. The predicted molar refractivity (Wildman–Crippen MR) is 41.3 cm³/mol. The SMILES string of the molecule is N#CC(=CCCCCl)C(=O)O. The Morgan fingerprint density at radius 2 is 2.36 bits per heavy atom. The van der Waals surface area contributed by atoms with Gasteiger partial charge in [0.1, 0.15) is 11.6 Å². The van der Waals surface area contributed by atoms with Gasteiger partial charge in [0.2, 0.25) is 0 Å². The van der Waals surface area contributed by atoms with Crippen molar-refractivity contribution in [3.63, 3.8) is 0 Å². The molecular weight excluding hydrogens is 166 g/mol. The van der Waals surface area contributed by atoms with Crippen LogP contribution in [-0.2, 0) is 4.79 Å². The van der Waals surface area contributed by atoms with Crippen molar-refractivity contribution in [1.29, 1.82) is 5.26 Å². The molecule has 0 atom stereocenters. The summed E-state index contributed by atoms with van der Waals surface area (Å²) < 4.78 is 0. The Morgan fingerprint density at radius 1 is 1.73 bits per heavy atom. The van der Waals surface area contributed by atoms with E-state index in [0.29, 0.717) is 18.7 Å². The zero-order valence-electron chi connectivity index (χ0n) is 5.88. The number of unbranched alkanes of at least 4 members (excludes halogenated alkanes) is 1. The van der Waals surface area contributed by atoms with Crippen molar-refractivity contribution in [3.05, 3.63) is 11.6 Å². The van der Waals surface area contributed by atoms with Gasteiger partial charge in [-0.2, -0.15) is 5.26 Å². The zero-order chi connectivity index (χ0) is 8.69. The first-order chi connectivity index (χ1) is 5.22. The van der Waals surface area contributed by atoms with E-state index in [0.717, 1.165) is 0 Å². The fourth-order valence-electron chi connectivity index (χ4n) is 0.504. The van der Waals surface area contributed by atoms with E-state index in [-0.39, 0.29) is 5.57 Å². The van der Waals surface area contributed by atoms with E-state index in [1.54, 1.807) is 6.07 Å². The number of allylic oxidation sites excluding steroid dienone is 1. The van der Waals surface area contributed by atoms with E-state index in [2.05, 4.69) is 0 Å². The molecule has 0 saturated heterocycles. The summed E-state index contributed by atoms with van der Waals surface area (Å²) in [5.41, 5.74) is -0.213. The van der Waals surface area contributed by atoms with Crippen molar-refractivity contribution in [2.24, 2.45) is 0 Å². The van der Waals surface area contributed by atoms with Gasteiger partial charge < -0.3 is 5.11 Å². The third-order valence-corrected chi connectivity index (χ3v) is 1.30. The summed E-state index contributed by atoms with van der Waals surface area (Å²) in [4.78, 5) is 10.2. The van der Waals surface area contributed by atoms with Crippen molar-refractivity contribution in [2.45, 2.75) is 12.8 Å². The Hall–Kier alpha value is -1.01. The lowest BCUT2D eigenvalue weighted by Gasteiger charge is -1.89. The fraction of sp³-hybridized carbons (Fsp3) is 0.429. The van der Waals surface area contributed by atoms with Crippen LogP contribution in [0.3, 0.4) is 0 Å². The Balaban J connectivity index is 3.95. The van der Waals surface area contributed by atoms with Gasteiger partial charge in [0.25, 0.3) is 0 Å². The topological polar surface area (TPSA) is 61.1 Å². The van der Waals surface area contributed by atoms with Crippen molar-refractivity contribution in [2.75, 3.05) is 5.88 Å². The fourth-order valence-corrected chi connectivity index (χ4v) is 0.659. The van der Waals surface area contributed by atoms with Crippen molar-refractivity contribution < 1.29 is 9.90 Å². The number of nitriles is 1. The van der Waals surface area contributed by atoms with Crippen LogP contribution in [0.4, 0.5) is 0 Å². The molecule has 0 aliphatic carbocycles. The summed E-state index contributed by atoms with van der Waals surface area (Å²) in [6, 6.07) is 1.58. The van der Waals surface area contributed by atoms with Gasteiger partial charge in [-0.25, -0.2) is 4.79 Å². The maximum atomic E-state index is 10.2. The van der Waals surface area contributed by atoms with Gasteiger partial charge >= 0.3 is 5.97 Å². The van der Waals surface area contributed by atoms with Crippen LogP contribution in [0.1, 0.15) is 12.8 Å². The Bertz CT molecular complexity index is 205. The molecule has 4 heteroatoms. The highest BCUT2D eigenvalue weighted by Crippen LogP contribution is 1.99. The lowest BCUT2D eigenvalue weighted by Crippen LogP contribution is -1.97. The lowest BCUT2D eigenvalue weighted by atomic mass is 10.2. The molecule has 0 rings (SSSR count). The molecule has 0 amide bonds. The van der Waals surface area contributed by atoms with Crippen LogP contribution >= 0.6 is 11.6 Å². The predicted octanol–water partition coefficient (Wildman–Crippen LogP) is 1.54. The number of carboxylic acid groups (broad SMARTS) is 1. The van der Waals surface area contributed by atoms with E-state index in [9.17, 15) is 4.79 Å². The number of aliphatic carboxylic acids is 1. The average Bonchev–Trinajstić information content (AvgIpc) is 1.97. The van der Waals surface area contributed by atoms with Gasteiger partial charge in [0.05, 0.1) is 0 Å². The molecule has 0 aromatic carbocycles. The number of hydrogen-bond acceptors (Lipinski definition) is 2. The van der Waals surface area contributed by atoms with Crippen molar-refractivity contribution in [3.8, 4) is 6.07 Å². The van der Waals surface area contributed by atoms with Crippen LogP contribution in [0.15, 0.2) is 11.6 Å². The molecule has 0 radical (unpaired) electrons. The van der Waals surface area contributed by atoms with Crippen LogP contribution in [-0.4, -0.2) is 17.0 Å². The number of rotatable bonds is 4. The van der Waals surface area contributed by atoms with Gasteiger partial charge in [-0.15, -0.1) is 11.6 Å². The Kier molecular flexibility index (Phi) is 5.22. The van der Waals surface area contributed by atoms with Crippen LogP contribution in [0.25, 0.3) is 0 Å².